The number of hydrogen-bond donors (Lipinski definition) is 1. The van der Waals surface area contributed by atoms with E-state index in [1.807, 2.05) is 20.8 Å². The first-order valence-corrected chi connectivity index (χ1v) is 9.19. The largest absolute Gasteiger partial charge is 0.447 e. The molecule has 0 aromatic carbocycles. The van der Waals surface area contributed by atoms with Gasteiger partial charge < -0.3 is 9.73 Å². The van der Waals surface area contributed by atoms with Gasteiger partial charge in [-0.25, -0.2) is 8.42 Å². The number of furan rings is 1. The minimum Gasteiger partial charge on any atom is -0.447 e. The summed E-state index contributed by atoms with van der Waals surface area (Å²) in [6.45, 7) is 7.19. The van der Waals surface area contributed by atoms with E-state index in [4.69, 9.17) is 4.42 Å². The molecular weight excluding hydrogens is 288 g/mol. The standard InChI is InChI=1S/C15H26N2O3S/c1-12(2)16-11-14-8-9-15(20-14)21(18,19)17-10-6-4-5-7-13(17)3/h8-9,12-13,16H,4-7,10-11H2,1-3H3. The second kappa shape index (κ2) is 6.94. The first-order chi connectivity index (χ1) is 9.91. The van der Waals surface area contributed by atoms with Gasteiger partial charge in [0.15, 0.2) is 0 Å². The van der Waals surface area contributed by atoms with Gasteiger partial charge in [0, 0.05) is 18.6 Å². The van der Waals surface area contributed by atoms with Crippen molar-refractivity contribution in [3.63, 3.8) is 0 Å². The molecule has 0 bridgehead atoms. The summed E-state index contributed by atoms with van der Waals surface area (Å²) in [6.07, 6.45) is 4.03. The molecule has 1 aliphatic heterocycles. The summed E-state index contributed by atoms with van der Waals surface area (Å²) in [7, 11) is -3.51. The maximum atomic E-state index is 12.7. The smallest absolute Gasteiger partial charge is 0.276 e. The fraction of sp³-hybridized carbons (Fsp3) is 0.733. The highest BCUT2D eigenvalue weighted by molar-refractivity contribution is 7.89. The zero-order chi connectivity index (χ0) is 15.5. The van der Waals surface area contributed by atoms with Crippen LogP contribution in [0.15, 0.2) is 21.6 Å². The zero-order valence-corrected chi connectivity index (χ0v) is 13.9. The molecular formula is C15H26N2O3S. The second-order valence-corrected chi connectivity index (χ2v) is 7.89. The predicted molar refractivity (Wildman–Crippen MR) is 82.5 cm³/mol. The lowest BCUT2D eigenvalue weighted by Crippen LogP contribution is -2.38. The molecule has 0 aliphatic carbocycles. The van der Waals surface area contributed by atoms with Crippen LogP contribution in [0.4, 0.5) is 0 Å². The van der Waals surface area contributed by atoms with Gasteiger partial charge in [0.1, 0.15) is 5.76 Å². The van der Waals surface area contributed by atoms with Crippen LogP contribution in [0.2, 0.25) is 0 Å². The second-order valence-electron chi connectivity index (χ2n) is 6.07. The molecule has 1 aromatic rings. The minimum absolute atomic E-state index is 0.0415. The van der Waals surface area contributed by atoms with E-state index in [0.29, 0.717) is 24.9 Å². The highest BCUT2D eigenvalue weighted by Crippen LogP contribution is 2.25. The van der Waals surface area contributed by atoms with Crippen molar-refractivity contribution in [2.24, 2.45) is 0 Å². The van der Waals surface area contributed by atoms with E-state index < -0.39 is 10.0 Å². The lowest BCUT2D eigenvalue weighted by Gasteiger charge is -2.24. The molecule has 21 heavy (non-hydrogen) atoms. The Morgan fingerprint density at radius 2 is 2.10 bits per heavy atom. The molecule has 1 N–H and O–H groups in total. The summed E-state index contributed by atoms with van der Waals surface area (Å²) in [5.74, 6) is 0.657. The zero-order valence-electron chi connectivity index (χ0n) is 13.1. The number of nitrogens with zero attached hydrogens (tertiary/aromatic N) is 1. The lowest BCUT2D eigenvalue weighted by atomic mass is 10.1. The molecule has 6 heteroatoms. The Bertz CT molecular complexity index is 551. The third-order valence-electron chi connectivity index (χ3n) is 3.88. The van der Waals surface area contributed by atoms with E-state index in [1.54, 1.807) is 16.4 Å². The molecule has 0 amide bonds. The van der Waals surface area contributed by atoms with Crippen molar-refractivity contribution < 1.29 is 12.8 Å². The molecule has 0 saturated carbocycles. The fourth-order valence-electron chi connectivity index (χ4n) is 2.62. The molecule has 2 rings (SSSR count). The van der Waals surface area contributed by atoms with E-state index in [2.05, 4.69) is 5.32 Å². The number of rotatable bonds is 5. The summed E-state index contributed by atoms with van der Waals surface area (Å²) < 4.78 is 32.6. The van der Waals surface area contributed by atoms with Gasteiger partial charge in [-0.15, -0.1) is 0 Å². The molecule has 1 saturated heterocycles. The molecule has 0 spiro atoms. The number of nitrogens with one attached hydrogen (secondary N) is 1. The molecule has 1 aromatic heterocycles. The third-order valence-corrected chi connectivity index (χ3v) is 5.76. The van der Waals surface area contributed by atoms with Crippen molar-refractivity contribution in [2.45, 2.75) is 70.2 Å². The first-order valence-electron chi connectivity index (χ1n) is 7.75. The van der Waals surface area contributed by atoms with Crippen LogP contribution in [0.3, 0.4) is 0 Å². The maximum Gasteiger partial charge on any atom is 0.276 e. The Morgan fingerprint density at radius 1 is 1.33 bits per heavy atom. The summed E-state index contributed by atoms with van der Waals surface area (Å²) in [4.78, 5) is 0. The molecule has 1 unspecified atom stereocenters. The molecule has 0 radical (unpaired) electrons. The molecule has 1 fully saturated rings. The number of hydrogen-bond acceptors (Lipinski definition) is 4. The monoisotopic (exact) mass is 314 g/mol. The summed E-state index contributed by atoms with van der Waals surface area (Å²) in [6, 6.07) is 3.69. The van der Waals surface area contributed by atoms with E-state index in [9.17, 15) is 8.42 Å². The fourth-order valence-corrected chi connectivity index (χ4v) is 4.25. The Labute approximate surface area is 127 Å². The summed E-state index contributed by atoms with van der Waals surface area (Å²) >= 11 is 0. The molecule has 2 heterocycles. The summed E-state index contributed by atoms with van der Waals surface area (Å²) in [5.41, 5.74) is 0. The SMILES string of the molecule is CC(C)NCc1ccc(S(=O)(=O)N2CCCCCC2C)o1. The Hall–Kier alpha value is -0.850. The van der Waals surface area contributed by atoms with Crippen LogP contribution in [0.25, 0.3) is 0 Å². The van der Waals surface area contributed by atoms with Gasteiger partial charge in [0.05, 0.1) is 6.54 Å². The third kappa shape index (κ3) is 4.08. The Balaban J connectivity index is 2.15. The molecule has 5 nitrogen and oxygen atoms in total. The summed E-state index contributed by atoms with van der Waals surface area (Å²) in [5, 5.41) is 3.29. The Morgan fingerprint density at radius 3 is 2.81 bits per heavy atom. The van der Waals surface area contributed by atoms with Crippen LogP contribution < -0.4 is 5.32 Å². The van der Waals surface area contributed by atoms with Gasteiger partial charge in [0.25, 0.3) is 10.0 Å². The van der Waals surface area contributed by atoms with Crippen molar-refractivity contribution in [1.82, 2.24) is 9.62 Å². The average Bonchev–Trinajstić information content (AvgIpc) is 2.79. The van der Waals surface area contributed by atoms with Crippen molar-refractivity contribution in [3.05, 3.63) is 17.9 Å². The van der Waals surface area contributed by atoms with E-state index in [0.717, 1.165) is 25.7 Å². The van der Waals surface area contributed by atoms with Gasteiger partial charge in [-0.1, -0.05) is 26.7 Å². The van der Waals surface area contributed by atoms with Crippen LogP contribution in [0.1, 0.15) is 52.2 Å². The normalized spacial score (nSPS) is 21.6. The minimum atomic E-state index is -3.51. The maximum absolute atomic E-state index is 12.7. The van der Waals surface area contributed by atoms with Crippen LogP contribution >= 0.6 is 0 Å². The van der Waals surface area contributed by atoms with Gasteiger partial charge in [-0.3, -0.25) is 0 Å². The van der Waals surface area contributed by atoms with Gasteiger partial charge >= 0.3 is 0 Å². The Kier molecular flexibility index (Phi) is 5.46. The van der Waals surface area contributed by atoms with E-state index in [1.165, 1.54) is 0 Å². The van der Waals surface area contributed by atoms with Gasteiger partial charge in [-0.05, 0) is 31.9 Å². The van der Waals surface area contributed by atoms with E-state index >= 15 is 0 Å². The molecule has 120 valence electrons. The predicted octanol–water partition coefficient (Wildman–Crippen LogP) is 2.73. The lowest BCUT2D eigenvalue weighted by molar-refractivity contribution is 0.320. The quantitative estimate of drug-likeness (QED) is 0.907. The van der Waals surface area contributed by atoms with Gasteiger partial charge in [-0.2, -0.15) is 4.31 Å². The van der Waals surface area contributed by atoms with Crippen LogP contribution in [0, 0.1) is 0 Å². The topological polar surface area (TPSA) is 62.6 Å². The van der Waals surface area contributed by atoms with Crippen molar-refractivity contribution in [2.75, 3.05) is 6.54 Å². The molecule has 1 aliphatic rings. The van der Waals surface area contributed by atoms with Gasteiger partial charge in [0.2, 0.25) is 5.09 Å². The average molecular weight is 314 g/mol. The molecule has 1 atom stereocenters. The van der Waals surface area contributed by atoms with Crippen molar-refractivity contribution in [3.8, 4) is 0 Å². The van der Waals surface area contributed by atoms with Crippen LogP contribution in [-0.4, -0.2) is 31.4 Å². The van der Waals surface area contributed by atoms with Crippen LogP contribution in [0.5, 0.6) is 0 Å². The highest BCUT2D eigenvalue weighted by atomic mass is 32.2. The first kappa shape index (κ1) is 16.5. The van der Waals surface area contributed by atoms with Crippen molar-refractivity contribution >= 4 is 10.0 Å². The number of sulfonamides is 1. The highest BCUT2D eigenvalue weighted by Gasteiger charge is 2.32. The van der Waals surface area contributed by atoms with Crippen molar-refractivity contribution in [1.29, 1.82) is 0 Å². The van der Waals surface area contributed by atoms with Crippen LogP contribution in [-0.2, 0) is 16.6 Å². The van der Waals surface area contributed by atoms with E-state index in [-0.39, 0.29) is 11.1 Å².